The third-order valence-electron chi connectivity index (χ3n) is 2.70. The van der Waals surface area contributed by atoms with Gasteiger partial charge in [0.1, 0.15) is 6.33 Å². The molecule has 0 saturated heterocycles. The Hall–Kier alpha value is -2.63. The van der Waals surface area contributed by atoms with Gasteiger partial charge in [-0.2, -0.15) is 19.6 Å². The molecule has 3 aromatic rings. The van der Waals surface area contributed by atoms with E-state index in [4.69, 9.17) is 0 Å². The molecule has 6 nitrogen and oxygen atoms in total. The van der Waals surface area contributed by atoms with E-state index in [0.29, 0.717) is 12.0 Å². The van der Waals surface area contributed by atoms with Crippen molar-refractivity contribution in [3.8, 4) is 11.8 Å². The average Bonchev–Trinajstić information content (AvgIpc) is 2.84. The molecule has 0 radical (unpaired) electrons. The summed E-state index contributed by atoms with van der Waals surface area (Å²) in [6, 6.07) is 9.51. The Morgan fingerprint density at radius 2 is 1.89 bits per heavy atom. The van der Waals surface area contributed by atoms with E-state index >= 15 is 0 Å². The van der Waals surface area contributed by atoms with E-state index in [2.05, 4.69) is 15.1 Å². The first-order valence-corrected chi connectivity index (χ1v) is 5.40. The van der Waals surface area contributed by atoms with Crippen molar-refractivity contribution in [2.75, 3.05) is 0 Å². The first-order chi connectivity index (χ1) is 8.75. The maximum atomic E-state index is 10.0. The van der Waals surface area contributed by atoms with Crippen molar-refractivity contribution in [2.45, 2.75) is 6.42 Å². The molecule has 6 heteroatoms. The van der Waals surface area contributed by atoms with Crippen LogP contribution in [0.1, 0.15) is 11.1 Å². The molecule has 0 spiro atoms. The highest BCUT2D eigenvalue weighted by Crippen LogP contribution is 2.27. The Bertz CT molecular complexity index is 694. The number of nitrogens with zero attached hydrogens (tertiary/aromatic N) is 4. The van der Waals surface area contributed by atoms with Gasteiger partial charge in [0.05, 0.1) is 5.56 Å². The average molecular weight is 242 g/mol. The normalized spacial score (nSPS) is 10.9. The summed E-state index contributed by atoms with van der Waals surface area (Å²) in [4.78, 5) is 7.69. The zero-order valence-electron chi connectivity index (χ0n) is 9.35. The highest BCUT2D eigenvalue weighted by Gasteiger charge is 2.15. The lowest BCUT2D eigenvalue weighted by Gasteiger charge is -2.07. The van der Waals surface area contributed by atoms with Gasteiger partial charge in [-0.15, -0.1) is 0 Å². The van der Waals surface area contributed by atoms with Crippen molar-refractivity contribution < 1.29 is 10.2 Å². The third-order valence-corrected chi connectivity index (χ3v) is 2.70. The fourth-order valence-electron chi connectivity index (χ4n) is 1.81. The van der Waals surface area contributed by atoms with Crippen LogP contribution in [0.4, 0.5) is 0 Å². The molecule has 2 N–H and O–H groups in total. The maximum Gasteiger partial charge on any atom is 0.258 e. The molecule has 0 aliphatic rings. The van der Waals surface area contributed by atoms with Gasteiger partial charge in [-0.3, -0.25) is 0 Å². The predicted molar refractivity (Wildman–Crippen MR) is 63.4 cm³/mol. The molecule has 0 bridgehead atoms. The minimum Gasteiger partial charge on any atom is -0.493 e. The van der Waals surface area contributed by atoms with Gasteiger partial charge < -0.3 is 10.2 Å². The monoisotopic (exact) mass is 242 g/mol. The van der Waals surface area contributed by atoms with E-state index in [9.17, 15) is 10.2 Å². The van der Waals surface area contributed by atoms with Crippen molar-refractivity contribution in [1.82, 2.24) is 19.6 Å². The number of hydrogen-bond donors (Lipinski definition) is 2. The molecule has 0 amide bonds. The van der Waals surface area contributed by atoms with Crippen LogP contribution in [0, 0.1) is 0 Å². The zero-order chi connectivity index (χ0) is 12.5. The number of fused-ring (bicyclic) bond motifs is 1. The Morgan fingerprint density at radius 3 is 2.67 bits per heavy atom. The third kappa shape index (κ3) is 1.64. The van der Waals surface area contributed by atoms with Crippen LogP contribution in [0.2, 0.25) is 0 Å². The standard InChI is InChI=1S/C12H10N4O2/c17-10-9(6-8-4-2-1-3-5-8)11(18)16-12(15-10)13-7-14-16/h1-5,7,18H,6H2,(H,13,14,15,17). The van der Waals surface area contributed by atoms with E-state index in [1.165, 1.54) is 10.8 Å². The summed E-state index contributed by atoms with van der Waals surface area (Å²) in [5.74, 6) is -0.197. The number of rotatable bonds is 2. The van der Waals surface area contributed by atoms with Crippen LogP contribution in [0.15, 0.2) is 36.7 Å². The van der Waals surface area contributed by atoms with Gasteiger partial charge in [0.2, 0.25) is 11.8 Å². The second-order valence-electron chi connectivity index (χ2n) is 3.87. The molecule has 0 aliphatic heterocycles. The van der Waals surface area contributed by atoms with Crippen molar-refractivity contribution in [3.63, 3.8) is 0 Å². The molecule has 0 saturated carbocycles. The van der Waals surface area contributed by atoms with E-state index in [-0.39, 0.29) is 17.5 Å². The summed E-state index contributed by atoms with van der Waals surface area (Å²) in [7, 11) is 0. The molecule has 1 aromatic carbocycles. The van der Waals surface area contributed by atoms with Gasteiger partial charge in [-0.25, -0.2) is 0 Å². The summed E-state index contributed by atoms with van der Waals surface area (Å²) in [6.45, 7) is 0. The quantitative estimate of drug-likeness (QED) is 0.703. The summed E-state index contributed by atoms with van der Waals surface area (Å²) < 4.78 is 1.19. The Kier molecular flexibility index (Phi) is 2.33. The highest BCUT2D eigenvalue weighted by molar-refractivity contribution is 5.45. The minimum absolute atomic E-state index is 0.140. The van der Waals surface area contributed by atoms with E-state index in [1.54, 1.807) is 0 Å². The lowest BCUT2D eigenvalue weighted by Crippen LogP contribution is -1.99. The molecule has 0 atom stereocenters. The first kappa shape index (κ1) is 10.5. The van der Waals surface area contributed by atoms with Crippen LogP contribution in [0.5, 0.6) is 11.8 Å². The van der Waals surface area contributed by atoms with Crippen molar-refractivity contribution in [1.29, 1.82) is 0 Å². The van der Waals surface area contributed by atoms with Crippen LogP contribution >= 0.6 is 0 Å². The Balaban J connectivity index is 2.11. The van der Waals surface area contributed by atoms with Crippen LogP contribution in [-0.4, -0.2) is 29.8 Å². The molecule has 0 unspecified atom stereocenters. The molecule has 3 rings (SSSR count). The van der Waals surface area contributed by atoms with Gasteiger partial charge in [0.25, 0.3) is 5.78 Å². The van der Waals surface area contributed by atoms with Crippen LogP contribution in [-0.2, 0) is 6.42 Å². The van der Waals surface area contributed by atoms with Crippen LogP contribution in [0.25, 0.3) is 5.78 Å². The SMILES string of the molecule is Oc1nc2ncnn2c(O)c1Cc1ccccc1. The van der Waals surface area contributed by atoms with Crippen molar-refractivity contribution in [3.05, 3.63) is 47.8 Å². The summed E-state index contributed by atoms with van der Waals surface area (Å²) in [5, 5.41) is 23.7. The fraction of sp³-hybridized carbons (Fsp3) is 0.0833. The van der Waals surface area contributed by atoms with Gasteiger partial charge in [0, 0.05) is 6.42 Å². The number of aromatic hydroxyl groups is 2. The van der Waals surface area contributed by atoms with Gasteiger partial charge >= 0.3 is 0 Å². The molecular weight excluding hydrogens is 232 g/mol. The number of benzene rings is 1. The lowest BCUT2D eigenvalue weighted by molar-refractivity contribution is 0.402. The van der Waals surface area contributed by atoms with Gasteiger partial charge in [-0.05, 0) is 5.56 Å². The summed E-state index contributed by atoms with van der Waals surface area (Å²) in [5.41, 5.74) is 1.29. The first-order valence-electron chi connectivity index (χ1n) is 5.40. The number of aromatic nitrogens is 4. The summed E-state index contributed by atoms with van der Waals surface area (Å²) >= 11 is 0. The van der Waals surface area contributed by atoms with Crippen LogP contribution in [0.3, 0.4) is 0 Å². The largest absolute Gasteiger partial charge is 0.493 e. The molecule has 90 valence electrons. The lowest BCUT2D eigenvalue weighted by atomic mass is 10.1. The Morgan fingerprint density at radius 1 is 1.11 bits per heavy atom. The predicted octanol–water partition coefficient (Wildman–Crippen LogP) is 1.13. The van der Waals surface area contributed by atoms with Crippen LogP contribution < -0.4 is 0 Å². The Labute approximate surface area is 102 Å². The second-order valence-corrected chi connectivity index (χ2v) is 3.87. The zero-order valence-corrected chi connectivity index (χ0v) is 9.35. The minimum atomic E-state index is -0.225. The van der Waals surface area contributed by atoms with Crippen molar-refractivity contribution in [2.24, 2.45) is 0 Å². The second kappa shape index (κ2) is 3.99. The highest BCUT2D eigenvalue weighted by atomic mass is 16.3. The molecular formula is C12H10N4O2. The van der Waals surface area contributed by atoms with E-state index in [1.807, 2.05) is 30.3 Å². The molecule has 0 aliphatic carbocycles. The number of hydrogen-bond acceptors (Lipinski definition) is 5. The molecule has 0 fully saturated rings. The van der Waals surface area contributed by atoms with Gasteiger partial charge in [0.15, 0.2) is 0 Å². The smallest absolute Gasteiger partial charge is 0.258 e. The maximum absolute atomic E-state index is 10.0. The fourth-order valence-corrected chi connectivity index (χ4v) is 1.81. The van der Waals surface area contributed by atoms with Crippen molar-refractivity contribution >= 4 is 5.78 Å². The molecule has 18 heavy (non-hydrogen) atoms. The topological polar surface area (TPSA) is 83.5 Å². The molecule has 2 aromatic heterocycles. The molecule has 2 heterocycles. The van der Waals surface area contributed by atoms with Gasteiger partial charge in [-0.1, -0.05) is 30.3 Å². The summed E-state index contributed by atoms with van der Waals surface area (Å²) in [6.07, 6.45) is 1.65. The van der Waals surface area contributed by atoms with E-state index in [0.717, 1.165) is 5.56 Å². The van der Waals surface area contributed by atoms with E-state index < -0.39 is 0 Å².